The monoisotopic (exact) mass is 998 g/mol. The molecule has 3 aliphatic heterocycles. The minimum atomic E-state index is -1.80. The summed E-state index contributed by atoms with van der Waals surface area (Å²) >= 11 is 0. The highest BCUT2D eigenvalue weighted by atomic mass is 16.5. The zero-order chi connectivity index (χ0) is 53.0. The number of esters is 1. The second-order valence-electron chi connectivity index (χ2n) is 20.3. The van der Waals surface area contributed by atoms with Crippen LogP contribution in [-0.4, -0.2) is 158 Å². The molecule has 0 spiro atoms. The molecule has 9 N–H and O–H groups in total. The van der Waals surface area contributed by atoms with Crippen LogP contribution in [0.1, 0.15) is 119 Å². The van der Waals surface area contributed by atoms with Crippen LogP contribution in [0.2, 0.25) is 0 Å². The Hall–Kier alpha value is -6.32. The summed E-state index contributed by atoms with van der Waals surface area (Å²) in [5.41, 5.74) is 5.96. The summed E-state index contributed by atoms with van der Waals surface area (Å²) in [6.45, 7) is 13.7. The van der Waals surface area contributed by atoms with Crippen LogP contribution in [0.25, 0.3) is 0 Å². The van der Waals surface area contributed by atoms with E-state index in [0.29, 0.717) is 24.9 Å². The molecule has 9 amide bonds. The van der Waals surface area contributed by atoms with E-state index in [-0.39, 0.29) is 80.8 Å². The molecule has 0 radical (unpaired) electrons. The number of nitrogens with zero attached hydrogens (tertiary/aromatic N) is 3. The number of hydrogen-bond donors (Lipinski definition) is 8. The standard InChI is InChI=1S/C49H75N9O13/c1-25(2)21-34-43(64)52-33-17-19-40(62)58(47(33)68)38(23-27(5)6)48(69)56(9)37(24-30-12-14-31(60)15-13-30)45(66)54-35(22-26(3)4)49(70)71-28(7)41(46(67)53-34)55-42(63)32(16-18-39(50)61)51-44(65)36-11-10-20-57(36)29(8)59/h12-15,25-28,32-38,40-41,60,62H,10-11,16-24H2,1-9H3,(H2,50,61)(H,51,65)(H,52,64)(H,53,67)(H,54,66)(H,55,63)/t28-,32-,33-,34-,35+,36+,37-,38+,40-,41-/m0/s1. The number of aromatic hydroxyl groups is 1. The largest absolute Gasteiger partial charge is 0.508 e. The Morgan fingerprint density at radius 3 is 2.00 bits per heavy atom. The number of ether oxygens (including phenoxy) is 1. The maximum absolute atomic E-state index is 14.8. The molecule has 22 nitrogen and oxygen atoms in total. The molecule has 3 aliphatic rings. The van der Waals surface area contributed by atoms with Crippen LogP contribution in [0.4, 0.5) is 0 Å². The molecule has 0 aromatic heterocycles. The van der Waals surface area contributed by atoms with Crippen molar-refractivity contribution >= 4 is 59.1 Å². The number of carbonyl (C=O) groups excluding carboxylic acids is 10. The lowest BCUT2D eigenvalue weighted by Gasteiger charge is -2.43. The molecule has 2 bridgehead atoms. The number of cyclic esters (lactones) is 1. The van der Waals surface area contributed by atoms with E-state index in [4.69, 9.17) is 10.5 Å². The first kappa shape index (κ1) is 57.3. The van der Waals surface area contributed by atoms with E-state index in [1.165, 1.54) is 37.9 Å². The Balaban J connectivity index is 1.85. The summed E-state index contributed by atoms with van der Waals surface area (Å²) in [5, 5.41) is 34.7. The van der Waals surface area contributed by atoms with E-state index in [9.17, 15) is 58.2 Å². The molecular formula is C49H75N9O13. The van der Waals surface area contributed by atoms with E-state index in [1.807, 2.05) is 13.8 Å². The maximum atomic E-state index is 14.8. The van der Waals surface area contributed by atoms with E-state index >= 15 is 0 Å². The molecule has 0 unspecified atom stereocenters. The third kappa shape index (κ3) is 15.8. The molecule has 4 rings (SSSR count). The fraction of sp³-hybridized carbons (Fsp3) is 0.673. The van der Waals surface area contributed by atoms with Crippen molar-refractivity contribution in [2.24, 2.45) is 23.5 Å². The zero-order valence-corrected chi connectivity index (χ0v) is 42.4. The van der Waals surface area contributed by atoms with Crippen molar-refractivity contribution in [1.29, 1.82) is 0 Å². The Kier molecular flexibility index (Phi) is 20.7. The van der Waals surface area contributed by atoms with Crippen LogP contribution >= 0.6 is 0 Å². The van der Waals surface area contributed by atoms with Crippen LogP contribution in [-0.2, 0) is 59.1 Å². The first-order valence-corrected chi connectivity index (χ1v) is 24.6. The number of nitrogens with two attached hydrogens (primary N) is 1. The van der Waals surface area contributed by atoms with Crippen molar-refractivity contribution in [2.45, 2.75) is 180 Å². The van der Waals surface area contributed by atoms with Crippen molar-refractivity contribution in [3.63, 3.8) is 0 Å². The molecule has 0 aliphatic carbocycles. The SMILES string of the molecule is CC(=O)N1CCC[C@@H]1C(=O)N[C@@H](CCC(N)=O)C(=O)N[C@@H]1C(=O)N[C@@H](CC(C)C)C(=O)N[C@H]2CC[C@H](O)N(C2=O)[C@H](CC(C)C)C(=O)N(C)[C@@H](Cc2ccc(O)cc2)C(=O)N[C@H](CC(C)C)C(=O)O[C@H]1C. The van der Waals surface area contributed by atoms with Crippen molar-refractivity contribution in [3.8, 4) is 5.75 Å². The number of phenols is 1. The summed E-state index contributed by atoms with van der Waals surface area (Å²) in [5.74, 6) is -8.78. The lowest BCUT2D eigenvalue weighted by Crippen LogP contribution is -2.65. The van der Waals surface area contributed by atoms with Gasteiger partial charge in [-0.3, -0.25) is 43.2 Å². The minimum absolute atomic E-state index is 0.00769. The Morgan fingerprint density at radius 2 is 1.41 bits per heavy atom. The van der Waals surface area contributed by atoms with Gasteiger partial charge in [0.05, 0.1) is 0 Å². The third-order valence-corrected chi connectivity index (χ3v) is 13.0. The quantitative estimate of drug-likeness (QED) is 0.106. The number of benzene rings is 1. The predicted octanol–water partition coefficient (Wildman–Crippen LogP) is -0.145. The molecule has 1 aromatic rings. The second-order valence-corrected chi connectivity index (χ2v) is 20.3. The van der Waals surface area contributed by atoms with E-state index in [1.54, 1.807) is 39.8 Å². The van der Waals surface area contributed by atoms with E-state index in [0.717, 1.165) is 9.80 Å². The van der Waals surface area contributed by atoms with Gasteiger partial charge >= 0.3 is 5.97 Å². The number of carbonyl (C=O) groups is 10. The highest BCUT2D eigenvalue weighted by Gasteiger charge is 2.46. The number of aliphatic hydroxyl groups excluding tert-OH is 1. The molecule has 3 fully saturated rings. The number of likely N-dealkylation sites (tertiary alicyclic amines) is 1. The normalized spacial score (nSPS) is 26.7. The molecule has 22 heteroatoms. The Morgan fingerprint density at radius 1 is 0.803 bits per heavy atom. The van der Waals surface area contributed by atoms with Gasteiger partial charge in [-0.25, -0.2) is 4.79 Å². The van der Waals surface area contributed by atoms with Gasteiger partial charge in [0.15, 0.2) is 0 Å². The van der Waals surface area contributed by atoms with Gasteiger partial charge in [-0.1, -0.05) is 53.7 Å². The molecule has 3 saturated heterocycles. The van der Waals surface area contributed by atoms with Crippen molar-refractivity contribution in [1.82, 2.24) is 41.3 Å². The van der Waals surface area contributed by atoms with Crippen molar-refractivity contribution in [2.75, 3.05) is 13.6 Å². The van der Waals surface area contributed by atoms with Crippen LogP contribution < -0.4 is 32.3 Å². The maximum Gasteiger partial charge on any atom is 0.328 e. The smallest absolute Gasteiger partial charge is 0.328 e. The van der Waals surface area contributed by atoms with Gasteiger partial charge in [0.25, 0.3) is 0 Å². The first-order valence-electron chi connectivity index (χ1n) is 24.6. The predicted molar refractivity (Wildman–Crippen MR) is 257 cm³/mol. The number of primary amides is 1. The first-order chi connectivity index (χ1) is 33.3. The number of phenolic OH excluding ortho intramolecular Hbond substituents is 1. The van der Waals surface area contributed by atoms with Crippen LogP contribution in [0.15, 0.2) is 24.3 Å². The highest BCUT2D eigenvalue weighted by molar-refractivity contribution is 5.99. The number of amides is 9. The minimum Gasteiger partial charge on any atom is -0.508 e. The number of hydrogen-bond acceptors (Lipinski definition) is 13. The average Bonchev–Trinajstić information content (AvgIpc) is 3.79. The fourth-order valence-electron chi connectivity index (χ4n) is 9.24. The molecule has 71 heavy (non-hydrogen) atoms. The number of nitrogens with one attached hydrogen (secondary N) is 5. The van der Waals surface area contributed by atoms with Crippen LogP contribution in [0, 0.1) is 17.8 Å². The van der Waals surface area contributed by atoms with Crippen molar-refractivity contribution in [3.05, 3.63) is 29.8 Å². The van der Waals surface area contributed by atoms with Gasteiger partial charge in [0.2, 0.25) is 53.2 Å². The molecule has 1 aromatic carbocycles. The molecule has 0 saturated carbocycles. The van der Waals surface area contributed by atoms with Crippen LogP contribution in [0.3, 0.4) is 0 Å². The lowest BCUT2D eigenvalue weighted by atomic mass is 9.94. The fourth-order valence-corrected chi connectivity index (χ4v) is 9.24. The molecule has 10 atom stereocenters. The third-order valence-electron chi connectivity index (χ3n) is 13.0. The Bertz CT molecular complexity index is 2120. The summed E-state index contributed by atoms with van der Waals surface area (Å²) in [7, 11) is 1.37. The number of rotatable bonds is 15. The van der Waals surface area contributed by atoms with Crippen LogP contribution in [0.5, 0.6) is 5.75 Å². The van der Waals surface area contributed by atoms with E-state index < -0.39 is 114 Å². The number of fused-ring (bicyclic) bond motifs is 2. The summed E-state index contributed by atoms with van der Waals surface area (Å²) in [4.78, 5) is 143. The number of likely N-dealkylation sites (N-methyl/N-ethyl adjacent to an activating group) is 1. The van der Waals surface area contributed by atoms with Gasteiger partial charge in [-0.2, -0.15) is 0 Å². The molecule has 394 valence electrons. The summed E-state index contributed by atoms with van der Waals surface area (Å²) in [6, 6.07) is -5.03. The average molecular weight is 998 g/mol. The lowest BCUT2D eigenvalue weighted by molar-refractivity contribution is -0.166. The molecular weight excluding hydrogens is 923 g/mol. The van der Waals surface area contributed by atoms with E-state index in [2.05, 4.69) is 26.6 Å². The molecule has 3 heterocycles. The number of piperidine rings is 1. The summed E-state index contributed by atoms with van der Waals surface area (Å²) < 4.78 is 5.92. The van der Waals surface area contributed by atoms with Gasteiger partial charge in [0.1, 0.15) is 66.4 Å². The zero-order valence-electron chi connectivity index (χ0n) is 42.4. The Labute approximate surface area is 415 Å². The van der Waals surface area contributed by atoms with Gasteiger partial charge in [-0.15, -0.1) is 0 Å². The summed E-state index contributed by atoms with van der Waals surface area (Å²) in [6.07, 6.45) is -3.08. The number of aliphatic hydroxyl groups is 1. The van der Waals surface area contributed by atoms with Gasteiger partial charge in [-0.05, 0) is 93.7 Å². The van der Waals surface area contributed by atoms with Crippen molar-refractivity contribution < 1.29 is 62.9 Å². The topological polar surface area (TPSA) is 316 Å². The second kappa shape index (κ2) is 25.7. The highest BCUT2D eigenvalue weighted by Crippen LogP contribution is 2.27. The van der Waals surface area contributed by atoms with Gasteiger partial charge < -0.3 is 62.0 Å². The van der Waals surface area contributed by atoms with Gasteiger partial charge in [0, 0.05) is 33.4 Å².